The van der Waals surface area contributed by atoms with Gasteiger partial charge in [0.1, 0.15) is 11.4 Å². The molecule has 0 bridgehead atoms. The Morgan fingerprint density at radius 3 is 2.53 bits per heavy atom. The first-order valence-electron chi connectivity index (χ1n) is 6.39. The molecule has 1 saturated heterocycles. The third-order valence-corrected chi connectivity index (χ3v) is 3.55. The molecule has 0 aliphatic carbocycles. The maximum atomic E-state index is 11.9. The Bertz CT molecular complexity index is 495. The van der Waals surface area contributed by atoms with E-state index in [4.69, 9.17) is 4.74 Å². The van der Waals surface area contributed by atoms with Crippen LogP contribution in [0.4, 0.5) is 4.79 Å². The number of aromatic amines is 1. The van der Waals surface area contributed by atoms with Gasteiger partial charge in [0.15, 0.2) is 0 Å². The highest BCUT2D eigenvalue weighted by molar-refractivity contribution is 7.02. The van der Waals surface area contributed by atoms with Crippen molar-refractivity contribution in [3.8, 4) is 0 Å². The standard InChI is InChI=1S/C12H19N3O3S/c1-12(2,3)18-11(17)15-6-4-8(5-7-15)9-13-10(16)19-14-9/h8H,4-7H2,1-3H3,(H,13,14,16). The second-order valence-corrected chi connectivity index (χ2v) is 6.46. The summed E-state index contributed by atoms with van der Waals surface area (Å²) in [4.78, 5) is 27.3. The molecule has 1 fully saturated rings. The van der Waals surface area contributed by atoms with E-state index in [0.29, 0.717) is 13.1 Å². The van der Waals surface area contributed by atoms with E-state index in [1.54, 1.807) is 4.90 Å². The van der Waals surface area contributed by atoms with Crippen LogP contribution in [-0.4, -0.2) is 39.0 Å². The largest absolute Gasteiger partial charge is 0.444 e. The van der Waals surface area contributed by atoms with Crippen molar-refractivity contribution in [3.05, 3.63) is 15.5 Å². The van der Waals surface area contributed by atoms with Crippen molar-refractivity contribution in [3.63, 3.8) is 0 Å². The van der Waals surface area contributed by atoms with Crippen LogP contribution in [0, 0.1) is 0 Å². The molecule has 0 spiro atoms. The molecule has 0 atom stereocenters. The fourth-order valence-corrected chi connectivity index (χ4v) is 2.61. The molecule has 0 aromatic carbocycles. The molecule has 1 aromatic rings. The zero-order chi connectivity index (χ0) is 14.0. The van der Waals surface area contributed by atoms with Crippen LogP contribution in [-0.2, 0) is 4.74 Å². The molecule has 1 aliphatic rings. The average Bonchev–Trinajstić information content (AvgIpc) is 2.74. The Hall–Kier alpha value is -1.37. The lowest BCUT2D eigenvalue weighted by Crippen LogP contribution is -2.41. The minimum Gasteiger partial charge on any atom is -0.444 e. The van der Waals surface area contributed by atoms with Gasteiger partial charge in [-0.25, -0.2) is 4.79 Å². The number of aromatic nitrogens is 2. The summed E-state index contributed by atoms with van der Waals surface area (Å²) < 4.78 is 9.45. The van der Waals surface area contributed by atoms with Gasteiger partial charge < -0.3 is 9.64 Å². The Labute approximate surface area is 115 Å². The van der Waals surface area contributed by atoms with Crippen LogP contribution in [0.15, 0.2) is 4.79 Å². The molecular formula is C12H19N3O3S. The number of ether oxygens (including phenoxy) is 1. The van der Waals surface area contributed by atoms with E-state index < -0.39 is 5.60 Å². The molecule has 7 heteroatoms. The molecular weight excluding hydrogens is 266 g/mol. The van der Waals surface area contributed by atoms with Crippen molar-refractivity contribution in [1.82, 2.24) is 14.3 Å². The second kappa shape index (κ2) is 5.32. The molecule has 2 rings (SSSR count). The minimum absolute atomic E-state index is 0.121. The van der Waals surface area contributed by atoms with Gasteiger partial charge in [0.25, 0.3) is 0 Å². The molecule has 1 amide bonds. The summed E-state index contributed by atoms with van der Waals surface area (Å²) >= 11 is 0.947. The van der Waals surface area contributed by atoms with Gasteiger partial charge in [-0.1, -0.05) is 0 Å². The third-order valence-electron chi connectivity index (χ3n) is 2.99. The number of carbonyl (C=O) groups excluding carboxylic acids is 1. The lowest BCUT2D eigenvalue weighted by molar-refractivity contribution is 0.0203. The van der Waals surface area contributed by atoms with E-state index in [1.165, 1.54) is 0 Å². The van der Waals surface area contributed by atoms with Crippen LogP contribution in [0.5, 0.6) is 0 Å². The van der Waals surface area contributed by atoms with Crippen LogP contribution >= 0.6 is 11.5 Å². The summed E-state index contributed by atoms with van der Waals surface area (Å²) in [7, 11) is 0. The van der Waals surface area contributed by atoms with Crippen LogP contribution in [0.2, 0.25) is 0 Å². The number of amides is 1. The summed E-state index contributed by atoms with van der Waals surface area (Å²) in [5, 5.41) is 0. The van der Waals surface area contributed by atoms with Crippen molar-refractivity contribution in [2.45, 2.75) is 45.1 Å². The number of nitrogens with one attached hydrogen (secondary N) is 1. The van der Waals surface area contributed by atoms with Crippen molar-refractivity contribution in [2.75, 3.05) is 13.1 Å². The van der Waals surface area contributed by atoms with Gasteiger partial charge in [-0.05, 0) is 33.6 Å². The lowest BCUT2D eigenvalue weighted by Gasteiger charge is -2.32. The Morgan fingerprint density at radius 1 is 1.42 bits per heavy atom. The number of hydrogen-bond acceptors (Lipinski definition) is 5. The fourth-order valence-electron chi connectivity index (χ4n) is 2.08. The molecule has 1 N–H and O–H groups in total. The maximum Gasteiger partial charge on any atom is 0.410 e. The molecule has 6 nitrogen and oxygen atoms in total. The number of nitrogens with zero attached hydrogens (tertiary/aromatic N) is 2. The van der Waals surface area contributed by atoms with Crippen LogP contribution in [0.1, 0.15) is 45.4 Å². The predicted molar refractivity (Wildman–Crippen MR) is 72.5 cm³/mol. The highest BCUT2D eigenvalue weighted by Gasteiger charge is 2.28. The topological polar surface area (TPSA) is 75.3 Å². The summed E-state index contributed by atoms with van der Waals surface area (Å²) in [6.07, 6.45) is 1.34. The predicted octanol–water partition coefficient (Wildman–Crippen LogP) is 1.95. The van der Waals surface area contributed by atoms with Gasteiger partial charge in [0.05, 0.1) is 0 Å². The van der Waals surface area contributed by atoms with E-state index >= 15 is 0 Å². The molecule has 0 radical (unpaired) electrons. The number of carbonyl (C=O) groups is 1. The molecule has 1 aliphatic heterocycles. The van der Waals surface area contributed by atoms with Gasteiger partial charge in [0.2, 0.25) is 0 Å². The first kappa shape index (κ1) is 14.0. The SMILES string of the molecule is CC(C)(C)OC(=O)N1CCC(c2nsc(=O)[nH]2)CC1. The lowest BCUT2D eigenvalue weighted by atomic mass is 9.96. The monoisotopic (exact) mass is 285 g/mol. The zero-order valence-electron chi connectivity index (χ0n) is 11.4. The summed E-state index contributed by atoms with van der Waals surface area (Å²) in [5.41, 5.74) is -0.464. The van der Waals surface area contributed by atoms with Gasteiger partial charge in [0, 0.05) is 30.5 Å². The molecule has 106 valence electrons. The van der Waals surface area contributed by atoms with Crippen molar-refractivity contribution < 1.29 is 9.53 Å². The molecule has 0 unspecified atom stereocenters. The normalized spacial score (nSPS) is 17.5. The van der Waals surface area contributed by atoms with Crippen LogP contribution in [0.25, 0.3) is 0 Å². The first-order valence-corrected chi connectivity index (χ1v) is 7.16. The molecule has 1 aromatic heterocycles. The summed E-state index contributed by atoms with van der Waals surface area (Å²) in [6.45, 7) is 6.85. The summed E-state index contributed by atoms with van der Waals surface area (Å²) in [5.74, 6) is 0.983. The Balaban J connectivity index is 1.89. The van der Waals surface area contributed by atoms with Crippen LogP contribution < -0.4 is 4.87 Å². The average molecular weight is 285 g/mol. The quantitative estimate of drug-likeness (QED) is 0.855. The van der Waals surface area contributed by atoms with Crippen molar-refractivity contribution in [2.24, 2.45) is 0 Å². The first-order chi connectivity index (χ1) is 8.85. The van der Waals surface area contributed by atoms with E-state index in [-0.39, 0.29) is 16.9 Å². The number of H-pyrrole nitrogens is 1. The number of piperidine rings is 1. The van der Waals surface area contributed by atoms with Gasteiger partial charge in [-0.2, -0.15) is 4.37 Å². The fraction of sp³-hybridized carbons (Fsp3) is 0.750. The number of likely N-dealkylation sites (tertiary alicyclic amines) is 1. The van der Waals surface area contributed by atoms with Crippen LogP contribution in [0.3, 0.4) is 0 Å². The maximum absolute atomic E-state index is 11.9. The van der Waals surface area contributed by atoms with E-state index in [0.717, 1.165) is 30.2 Å². The highest BCUT2D eigenvalue weighted by Crippen LogP contribution is 2.26. The third kappa shape index (κ3) is 3.79. The van der Waals surface area contributed by atoms with Gasteiger partial charge in [-0.3, -0.25) is 9.78 Å². The van der Waals surface area contributed by atoms with E-state index in [1.807, 2.05) is 20.8 Å². The number of hydrogen-bond donors (Lipinski definition) is 1. The van der Waals surface area contributed by atoms with E-state index in [2.05, 4.69) is 9.36 Å². The van der Waals surface area contributed by atoms with Crippen molar-refractivity contribution >= 4 is 17.6 Å². The molecule has 2 heterocycles. The highest BCUT2D eigenvalue weighted by atomic mass is 32.1. The number of rotatable bonds is 1. The van der Waals surface area contributed by atoms with Crippen molar-refractivity contribution in [1.29, 1.82) is 0 Å². The Morgan fingerprint density at radius 2 is 2.05 bits per heavy atom. The smallest absolute Gasteiger partial charge is 0.410 e. The van der Waals surface area contributed by atoms with Gasteiger partial charge >= 0.3 is 11.0 Å². The minimum atomic E-state index is -0.464. The summed E-state index contributed by atoms with van der Waals surface area (Å²) in [6, 6.07) is 0. The van der Waals surface area contributed by atoms with Gasteiger partial charge in [-0.15, -0.1) is 0 Å². The second-order valence-electron chi connectivity index (χ2n) is 5.72. The molecule has 0 saturated carbocycles. The zero-order valence-corrected chi connectivity index (χ0v) is 12.2. The molecule has 19 heavy (non-hydrogen) atoms. The Kier molecular flexibility index (Phi) is 3.93. The van der Waals surface area contributed by atoms with E-state index in [9.17, 15) is 9.59 Å².